The molecule has 0 aromatic heterocycles. The molecule has 12 heavy (non-hydrogen) atoms. The van der Waals surface area contributed by atoms with E-state index in [1.807, 2.05) is 13.1 Å². The van der Waals surface area contributed by atoms with E-state index in [2.05, 4.69) is 19.2 Å². The van der Waals surface area contributed by atoms with E-state index in [-0.39, 0.29) is 12.6 Å². The molecule has 4 N–H and O–H groups in total. The van der Waals surface area contributed by atoms with Crippen LogP contribution in [-0.4, -0.2) is 24.3 Å². The molecule has 0 aromatic carbocycles. The third-order valence-electron chi connectivity index (χ3n) is 1.58. The minimum absolute atomic E-state index is 0.0305. The minimum Gasteiger partial charge on any atom is -0.392 e. The van der Waals surface area contributed by atoms with Crippen LogP contribution in [-0.2, 0) is 0 Å². The van der Waals surface area contributed by atoms with Gasteiger partial charge in [0.05, 0.1) is 6.61 Å². The summed E-state index contributed by atoms with van der Waals surface area (Å²) in [7, 11) is 0. The van der Waals surface area contributed by atoms with Crippen LogP contribution in [0.4, 0.5) is 0 Å². The fraction of sp³-hybridized carbons (Fsp3) is 0.778. The molecule has 0 heterocycles. The highest BCUT2D eigenvalue weighted by molar-refractivity contribution is 5.07. The predicted octanol–water partition coefficient (Wildman–Crippen LogP) is 0.455. The molecule has 0 amide bonds. The highest BCUT2D eigenvalue weighted by Gasteiger charge is 2.00. The molecule has 0 aliphatic heterocycles. The Hall–Kier alpha value is -0.540. The van der Waals surface area contributed by atoms with E-state index in [4.69, 9.17) is 10.8 Å². The molecule has 0 saturated heterocycles. The average Bonchev–Trinajstić information content (AvgIpc) is 1.96. The van der Waals surface area contributed by atoms with Crippen LogP contribution < -0.4 is 11.1 Å². The van der Waals surface area contributed by atoms with Crippen molar-refractivity contribution in [3.8, 4) is 0 Å². The van der Waals surface area contributed by atoms with Gasteiger partial charge in [0.1, 0.15) is 0 Å². The number of aliphatic hydroxyl groups is 1. The van der Waals surface area contributed by atoms with Gasteiger partial charge >= 0.3 is 0 Å². The number of hydrogen-bond donors (Lipinski definition) is 3. The minimum atomic E-state index is -0.0744. The molecule has 0 saturated carbocycles. The van der Waals surface area contributed by atoms with Crippen molar-refractivity contribution in [1.29, 1.82) is 0 Å². The quantitative estimate of drug-likeness (QED) is 0.564. The summed E-state index contributed by atoms with van der Waals surface area (Å²) in [5, 5.41) is 12.0. The number of nitrogens with two attached hydrogens (primary N) is 1. The van der Waals surface area contributed by atoms with Crippen molar-refractivity contribution in [2.24, 2.45) is 11.7 Å². The lowest BCUT2D eigenvalue weighted by molar-refractivity contribution is 0.322. The van der Waals surface area contributed by atoms with Crippen LogP contribution in [0.25, 0.3) is 0 Å². The van der Waals surface area contributed by atoms with E-state index >= 15 is 0 Å². The maximum atomic E-state index is 8.87. The zero-order valence-electron chi connectivity index (χ0n) is 8.17. The highest BCUT2D eigenvalue weighted by Crippen LogP contribution is 1.96. The molecule has 0 fully saturated rings. The summed E-state index contributed by atoms with van der Waals surface area (Å²) in [6, 6.07) is -0.0744. The first kappa shape index (κ1) is 11.5. The summed E-state index contributed by atoms with van der Waals surface area (Å²) in [5.74, 6) is 0.606. The second-order valence-corrected chi connectivity index (χ2v) is 3.47. The molecular weight excluding hydrogens is 152 g/mol. The molecule has 0 aliphatic rings. The molecule has 0 radical (unpaired) electrons. The maximum Gasteiger partial charge on any atom is 0.0673 e. The Bertz CT molecular complexity index is 141. The van der Waals surface area contributed by atoms with Crippen LogP contribution in [0.2, 0.25) is 0 Å². The number of rotatable bonds is 5. The van der Waals surface area contributed by atoms with E-state index in [0.29, 0.717) is 5.92 Å². The van der Waals surface area contributed by atoms with Gasteiger partial charge in [0.25, 0.3) is 0 Å². The lowest BCUT2D eigenvalue weighted by Gasteiger charge is -2.10. The first-order valence-corrected chi connectivity index (χ1v) is 4.36. The Morgan fingerprint density at radius 1 is 1.50 bits per heavy atom. The van der Waals surface area contributed by atoms with Crippen molar-refractivity contribution in [2.75, 3.05) is 13.2 Å². The summed E-state index contributed by atoms with van der Waals surface area (Å²) >= 11 is 0. The molecule has 0 rings (SSSR count). The smallest absolute Gasteiger partial charge is 0.0673 e. The molecule has 3 nitrogen and oxygen atoms in total. The van der Waals surface area contributed by atoms with Gasteiger partial charge in [-0.25, -0.2) is 0 Å². The number of nitrogens with one attached hydrogen (secondary N) is 1. The van der Waals surface area contributed by atoms with Gasteiger partial charge in [-0.05, 0) is 24.6 Å². The zero-order chi connectivity index (χ0) is 9.56. The Morgan fingerprint density at radius 2 is 2.08 bits per heavy atom. The third kappa shape index (κ3) is 5.16. The van der Waals surface area contributed by atoms with E-state index in [1.54, 1.807) is 0 Å². The zero-order valence-corrected chi connectivity index (χ0v) is 8.17. The topological polar surface area (TPSA) is 58.3 Å². The molecule has 72 valence electrons. The van der Waals surface area contributed by atoms with Crippen molar-refractivity contribution in [2.45, 2.75) is 26.8 Å². The third-order valence-corrected chi connectivity index (χ3v) is 1.58. The van der Waals surface area contributed by atoms with E-state index in [9.17, 15) is 0 Å². The van der Waals surface area contributed by atoms with Crippen molar-refractivity contribution in [3.63, 3.8) is 0 Å². The van der Waals surface area contributed by atoms with E-state index < -0.39 is 0 Å². The summed E-state index contributed by atoms with van der Waals surface area (Å²) in [6.07, 6.45) is 1.81. The van der Waals surface area contributed by atoms with Gasteiger partial charge in [-0.3, -0.25) is 0 Å². The van der Waals surface area contributed by atoms with Crippen LogP contribution in [0.1, 0.15) is 20.8 Å². The molecule has 3 heteroatoms. The summed E-state index contributed by atoms with van der Waals surface area (Å²) in [5.41, 5.74) is 6.44. The SMILES string of the molecule is CC(C)CN/C=C(/CO)C(C)N. The number of hydrogen-bond acceptors (Lipinski definition) is 3. The fourth-order valence-corrected chi connectivity index (χ4v) is 0.747. The van der Waals surface area contributed by atoms with Crippen LogP contribution in [0.5, 0.6) is 0 Å². The fourth-order valence-electron chi connectivity index (χ4n) is 0.747. The van der Waals surface area contributed by atoms with E-state index in [1.165, 1.54) is 0 Å². The average molecular weight is 172 g/mol. The highest BCUT2D eigenvalue weighted by atomic mass is 16.3. The first-order chi connectivity index (χ1) is 5.57. The number of aliphatic hydroxyl groups excluding tert-OH is 1. The monoisotopic (exact) mass is 172 g/mol. The van der Waals surface area contributed by atoms with Gasteiger partial charge in [0.2, 0.25) is 0 Å². The van der Waals surface area contributed by atoms with Gasteiger partial charge in [0, 0.05) is 12.6 Å². The Balaban J connectivity index is 3.78. The Morgan fingerprint density at radius 3 is 2.42 bits per heavy atom. The van der Waals surface area contributed by atoms with Gasteiger partial charge in [-0.15, -0.1) is 0 Å². The Kier molecular flexibility index (Phi) is 5.76. The molecule has 1 unspecified atom stereocenters. The van der Waals surface area contributed by atoms with Gasteiger partial charge in [-0.1, -0.05) is 13.8 Å². The second-order valence-electron chi connectivity index (χ2n) is 3.47. The lowest BCUT2D eigenvalue weighted by atomic mass is 10.1. The molecule has 0 aromatic rings. The molecule has 0 bridgehead atoms. The maximum absolute atomic E-state index is 8.87. The van der Waals surface area contributed by atoms with Gasteiger partial charge in [-0.2, -0.15) is 0 Å². The van der Waals surface area contributed by atoms with Crippen molar-refractivity contribution in [1.82, 2.24) is 5.32 Å². The lowest BCUT2D eigenvalue weighted by Crippen LogP contribution is -2.23. The van der Waals surface area contributed by atoms with Crippen molar-refractivity contribution in [3.05, 3.63) is 11.8 Å². The van der Waals surface area contributed by atoms with E-state index in [0.717, 1.165) is 12.1 Å². The predicted molar refractivity (Wildman–Crippen MR) is 51.7 cm³/mol. The van der Waals surface area contributed by atoms with Gasteiger partial charge in [0.15, 0.2) is 0 Å². The van der Waals surface area contributed by atoms with Crippen molar-refractivity contribution >= 4 is 0 Å². The molecule has 0 spiro atoms. The van der Waals surface area contributed by atoms with Crippen LogP contribution in [0.3, 0.4) is 0 Å². The van der Waals surface area contributed by atoms with Crippen LogP contribution in [0, 0.1) is 5.92 Å². The summed E-state index contributed by atoms with van der Waals surface area (Å²) in [4.78, 5) is 0. The summed E-state index contributed by atoms with van der Waals surface area (Å²) < 4.78 is 0. The molecular formula is C9H20N2O. The molecule has 0 aliphatic carbocycles. The molecule has 1 atom stereocenters. The first-order valence-electron chi connectivity index (χ1n) is 4.36. The van der Waals surface area contributed by atoms with Crippen molar-refractivity contribution < 1.29 is 5.11 Å². The Labute approximate surface area is 74.7 Å². The van der Waals surface area contributed by atoms with Crippen LogP contribution in [0.15, 0.2) is 11.8 Å². The second kappa shape index (κ2) is 6.03. The van der Waals surface area contributed by atoms with Gasteiger partial charge < -0.3 is 16.2 Å². The standard InChI is InChI=1S/C9H20N2O/c1-7(2)4-11-5-9(6-12)8(3)10/h5,7-8,11-12H,4,6,10H2,1-3H3/b9-5-. The summed E-state index contributed by atoms with van der Waals surface area (Å²) in [6.45, 7) is 7.06. The van der Waals surface area contributed by atoms with Crippen LogP contribution >= 0.6 is 0 Å². The largest absolute Gasteiger partial charge is 0.392 e. The normalized spacial score (nSPS) is 15.0.